The van der Waals surface area contributed by atoms with E-state index in [-0.39, 0.29) is 82.3 Å². The van der Waals surface area contributed by atoms with Crippen LogP contribution >= 0.6 is 23.2 Å². The van der Waals surface area contributed by atoms with Crippen LogP contribution in [0.15, 0.2) is 109 Å². The van der Waals surface area contributed by atoms with E-state index in [2.05, 4.69) is 30.0 Å². The lowest BCUT2D eigenvalue weighted by atomic mass is 10.0. The molecule has 82 heavy (non-hydrogen) atoms. The van der Waals surface area contributed by atoms with E-state index < -0.39 is 35.6 Å². The van der Waals surface area contributed by atoms with Crippen molar-refractivity contribution >= 4 is 46.3 Å². The molecule has 2 saturated heterocycles. The number of piperazine rings is 2. The van der Waals surface area contributed by atoms with Gasteiger partial charge in [0.2, 0.25) is 0 Å². The van der Waals surface area contributed by atoms with E-state index in [4.69, 9.17) is 32.7 Å². The summed E-state index contributed by atoms with van der Waals surface area (Å²) in [7, 11) is 3.00. The minimum atomic E-state index is -4.74. The maximum Gasteiger partial charge on any atom is 0.433 e. The standard InChI is InChI=1S/2C29H29ClF3N5O3/c2*1-17-15-36(24(16-39)20-5-4-6-21(30)13-20)11-12-37(17)28(40)23-14-34-38-26(29(31,32)33)18(2)25(35-27(23)38)19-7-9-22(41-3)10-8-19/h2*4-10,13-14,17,24,39H,11-12,15-16H2,1-3H3/t17-,24+;17-,24-/m11/s1. The third-order valence-electron chi connectivity index (χ3n) is 15.0. The first-order valence-electron chi connectivity index (χ1n) is 26.1. The van der Waals surface area contributed by atoms with E-state index >= 15 is 0 Å². The number of nitrogens with zero attached hydrogens (tertiary/aromatic N) is 10. The molecule has 10 rings (SSSR count). The molecule has 2 N–H and O–H groups in total. The number of aliphatic hydroxyl groups excluding tert-OH is 2. The monoisotopic (exact) mass is 1170 g/mol. The zero-order valence-corrected chi connectivity index (χ0v) is 46.9. The number of hydrogen-bond donors (Lipinski definition) is 2. The van der Waals surface area contributed by atoms with Gasteiger partial charge in [-0.1, -0.05) is 47.5 Å². The summed E-state index contributed by atoms with van der Waals surface area (Å²) in [6.07, 6.45) is -7.17. The Morgan fingerprint density at radius 3 is 1.27 bits per heavy atom. The van der Waals surface area contributed by atoms with E-state index in [0.717, 1.165) is 23.5 Å². The molecule has 0 aliphatic carbocycles. The van der Waals surface area contributed by atoms with Gasteiger partial charge in [0.25, 0.3) is 11.8 Å². The van der Waals surface area contributed by atoms with Gasteiger partial charge in [-0.15, -0.1) is 0 Å². The van der Waals surface area contributed by atoms with Crippen molar-refractivity contribution in [2.24, 2.45) is 0 Å². The van der Waals surface area contributed by atoms with Crippen LogP contribution in [0.4, 0.5) is 26.3 Å². The predicted molar refractivity (Wildman–Crippen MR) is 296 cm³/mol. The predicted octanol–water partition coefficient (Wildman–Crippen LogP) is 10.5. The van der Waals surface area contributed by atoms with Crippen LogP contribution in [0.1, 0.15) is 80.3 Å². The lowest BCUT2D eigenvalue weighted by Gasteiger charge is -2.43. The molecular formula is C58H58Cl2F6N10O6. The van der Waals surface area contributed by atoms with Crippen molar-refractivity contribution in [3.05, 3.63) is 164 Å². The van der Waals surface area contributed by atoms with E-state index in [1.165, 1.54) is 28.1 Å². The summed E-state index contributed by atoms with van der Waals surface area (Å²) in [5.74, 6) is 0.188. The van der Waals surface area contributed by atoms with Gasteiger partial charge in [-0.2, -0.15) is 36.5 Å². The molecule has 2 amide bonds. The number of aliphatic hydroxyl groups is 2. The van der Waals surface area contributed by atoms with Crippen molar-refractivity contribution in [3.8, 4) is 34.0 Å². The zero-order chi connectivity index (χ0) is 58.9. The van der Waals surface area contributed by atoms with E-state index in [9.17, 15) is 46.1 Å². The van der Waals surface area contributed by atoms with Gasteiger partial charge >= 0.3 is 12.4 Å². The number of methoxy groups -OCH3 is 2. The minimum Gasteiger partial charge on any atom is -0.497 e. The number of halogens is 8. The zero-order valence-electron chi connectivity index (χ0n) is 45.4. The number of rotatable bonds is 12. The van der Waals surface area contributed by atoms with Crippen molar-refractivity contribution in [1.82, 2.24) is 48.8 Å². The van der Waals surface area contributed by atoms with Crippen LogP contribution < -0.4 is 9.47 Å². The first kappa shape index (κ1) is 59.3. The fourth-order valence-corrected chi connectivity index (χ4v) is 11.3. The number of benzene rings is 4. The van der Waals surface area contributed by atoms with Crippen molar-refractivity contribution < 1.29 is 55.6 Å². The second-order valence-electron chi connectivity index (χ2n) is 20.1. The van der Waals surface area contributed by atoms with Crippen molar-refractivity contribution in [2.75, 3.05) is 66.7 Å². The summed E-state index contributed by atoms with van der Waals surface area (Å²) in [4.78, 5) is 44.0. The van der Waals surface area contributed by atoms with Crippen molar-refractivity contribution in [2.45, 2.75) is 64.2 Å². The van der Waals surface area contributed by atoms with Gasteiger partial charge in [0.1, 0.15) is 22.6 Å². The molecule has 2 aliphatic rings. The molecule has 2 fully saturated rings. The average molecular weight is 1180 g/mol. The van der Waals surface area contributed by atoms with Crippen LogP contribution in [0, 0.1) is 13.8 Å². The number of aromatic nitrogens is 6. The quantitative estimate of drug-likeness (QED) is 0.111. The third kappa shape index (κ3) is 12.0. The van der Waals surface area contributed by atoms with Crippen LogP contribution in [0.3, 0.4) is 0 Å². The van der Waals surface area contributed by atoms with Gasteiger partial charge in [0.05, 0.1) is 63.3 Å². The highest BCUT2D eigenvalue weighted by Gasteiger charge is 2.42. The number of carbonyl (C=O) groups excluding carboxylic acids is 2. The molecule has 8 aromatic rings. The lowest BCUT2D eigenvalue weighted by molar-refractivity contribution is -0.144. The van der Waals surface area contributed by atoms with E-state index in [0.29, 0.717) is 81.0 Å². The van der Waals surface area contributed by atoms with Crippen LogP contribution in [0.25, 0.3) is 33.8 Å². The smallest absolute Gasteiger partial charge is 0.433 e. The number of carbonyl (C=O) groups is 2. The van der Waals surface area contributed by atoms with Crippen LogP contribution in [-0.2, 0) is 12.4 Å². The van der Waals surface area contributed by atoms with E-state index in [1.807, 2.05) is 38.1 Å². The lowest BCUT2D eigenvalue weighted by Crippen LogP contribution is -2.55. The van der Waals surface area contributed by atoms with E-state index in [1.54, 1.807) is 82.6 Å². The van der Waals surface area contributed by atoms with Crippen LogP contribution in [0.2, 0.25) is 10.0 Å². The Labute approximate surface area is 478 Å². The van der Waals surface area contributed by atoms with Gasteiger partial charge in [-0.3, -0.25) is 19.4 Å². The normalized spacial score (nSPS) is 17.2. The largest absolute Gasteiger partial charge is 0.497 e. The highest BCUT2D eigenvalue weighted by molar-refractivity contribution is 6.31. The van der Waals surface area contributed by atoms with Gasteiger partial charge in [0, 0.05) is 83.7 Å². The Bertz CT molecular complexity index is 3380. The van der Waals surface area contributed by atoms with Crippen molar-refractivity contribution in [3.63, 3.8) is 0 Å². The fourth-order valence-electron chi connectivity index (χ4n) is 10.9. The number of amides is 2. The molecule has 2 aliphatic heterocycles. The summed E-state index contributed by atoms with van der Waals surface area (Å²) < 4.78 is 97.5. The molecule has 6 heterocycles. The van der Waals surface area contributed by atoms with Gasteiger partial charge < -0.3 is 29.5 Å². The average Bonchev–Trinajstić information content (AvgIpc) is 4.13. The number of ether oxygens (including phenoxy) is 2. The molecule has 0 unspecified atom stereocenters. The van der Waals surface area contributed by atoms with Gasteiger partial charge in [-0.05, 0) is 112 Å². The molecule has 24 heteroatoms. The molecule has 16 nitrogen and oxygen atoms in total. The minimum absolute atomic E-state index is 0.0147. The SMILES string of the molecule is COc1ccc(-c2nc3c(C(=O)N4CCN([C@@H](CO)c5cccc(Cl)c5)C[C@H]4C)cnn3c(C(F)(F)F)c2C)cc1.COc1ccc(-c2nc3c(C(=O)N4CCN([C@H](CO)c5cccc(Cl)c5)C[C@H]4C)cnn3c(C(F)(F)F)c2C)cc1. The maximum atomic E-state index is 14.3. The summed E-state index contributed by atoms with van der Waals surface area (Å²) >= 11 is 12.3. The molecule has 4 atom stereocenters. The van der Waals surface area contributed by atoms with Gasteiger partial charge in [0.15, 0.2) is 22.7 Å². The molecule has 432 valence electrons. The Kier molecular flexibility index (Phi) is 17.5. The molecule has 4 aromatic carbocycles. The van der Waals surface area contributed by atoms with Crippen molar-refractivity contribution in [1.29, 1.82) is 0 Å². The molecular weight excluding hydrogens is 1120 g/mol. The maximum absolute atomic E-state index is 14.3. The summed E-state index contributed by atoms with van der Waals surface area (Å²) in [5.41, 5.74) is 0.294. The molecule has 0 spiro atoms. The number of fused-ring (bicyclic) bond motifs is 2. The molecule has 0 saturated carbocycles. The highest BCUT2D eigenvalue weighted by Crippen LogP contribution is 2.40. The summed E-state index contributed by atoms with van der Waals surface area (Å²) in [6, 6.07) is 26.4. The third-order valence-corrected chi connectivity index (χ3v) is 15.5. The van der Waals surface area contributed by atoms with Gasteiger partial charge in [-0.25, -0.2) is 19.0 Å². The number of hydrogen-bond acceptors (Lipinski definition) is 12. The molecule has 4 aromatic heterocycles. The summed E-state index contributed by atoms with van der Waals surface area (Å²) in [6.45, 7) is 8.55. The first-order chi connectivity index (χ1) is 39.1. The second kappa shape index (κ2) is 24.2. The van der Waals surface area contributed by atoms with Crippen LogP contribution in [-0.4, -0.2) is 150 Å². The Morgan fingerprint density at radius 2 is 0.963 bits per heavy atom. The Balaban J connectivity index is 0.000000198. The topological polar surface area (TPSA) is 166 Å². The molecule has 0 bridgehead atoms. The highest BCUT2D eigenvalue weighted by atomic mass is 35.5. The molecule has 0 radical (unpaired) electrons. The first-order valence-corrected chi connectivity index (χ1v) is 26.8. The van der Waals surface area contributed by atoms with Crippen LogP contribution in [0.5, 0.6) is 11.5 Å². The Hall–Kier alpha value is -7.34. The fraction of sp³-hybridized carbons (Fsp3) is 0.345. The summed E-state index contributed by atoms with van der Waals surface area (Å²) in [5, 5.41) is 29.3. The second-order valence-corrected chi connectivity index (χ2v) is 21.0. The Morgan fingerprint density at radius 1 is 0.598 bits per heavy atom. The number of alkyl halides is 6.